The van der Waals surface area contributed by atoms with Gasteiger partial charge in [-0.2, -0.15) is 5.26 Å². The Morgan fingerprint density at radius 2 is 2.35 bits per heavy atom. The summed E-state index contributed by atoms with van der Waals surface area (Å²) in [4.78, 5) is 11.0. The van der Waals surface area contributed by atoms with Crippen LogP contribution in [-0.2, 0) is 4.79 Å². The molecule has 1 aromatic carbocycles. The number of carbonyl (C=O) groups is 1. The highest BCUT2D eigenvalue weighted by atomic mass is 16.1. The Morgan fingerprint density at radius 1 is 1.53 bits per heavy atom. The number of benzene rings is 1. The maximum absolute atomic E-state index is 11.0. The standard InChI is InChI=1S/C12H14N4O/c13-6-8-1-2-9(5-11(8)14)16-10-3-4-12(17)15-7-10/h1-2,5,10,16H,3-4,7,14H2,(H,15,17). The maximum Gasteiger partial charge on any atom is 0.220 e. The largest absolute Gasteiger partial charge is 0.398 e. The number of nitrogens with one attached hydrogen (secondary N) is 2. The van der Waals surface area contributed by atoms with Crippen molar-refractivity contribution in [2.24, 2.45) is 0 Å². The van der Waals surface area contributed by atoms with Gasteiger partial charge in [-0.1, -0.05) is 0 Å². The summed E-state index contributed by atoms with van der Waals surface area (Å²) in [6.45, 7) is 0.624. The minimum atomic E-state index is 0.0994. The fourth-order valence-corrected chi connectivity index (χ4v) is 1.85. The van der Waals surface area contributed by atoms with Crippen LogP contribution in [0.1, 0.15) is 18.4 Å². The highest BCUT2D eigenvalue weighted by Crippen LogP contribution is 2.19. The van der Waals surface area contributed by atoms with Crippen LogP contribution >= 0.6 is 0 Å². The monoisotopic (exact) mass is 230 g/mol. The average molecular weight is 230 g/mol. The van der Waals surface area contributed by atoms with Gasteiger partial charge in [-0.05, 0) is 24.6 Å². The molecular weight excluding hydrogens is 216 g/mol. The first-order chi connectivity index (χ1) is 8.19. The first-order valence-corrected chi connectivity index (χ1v) is 5.52. The van der Waals surface area contributed by atoms with Gasteiger partial charge in [-0.15, -0.1) is 0 Å². The quantitative estimate of drug-likeness (QED) is 0.656. The van der Waals surface area contributed by atoms with Gasteiger partial charge in [0.15, 0.2) is 0 Å². The molecule has 1 atom stereocenters. The van der Waals surface area contributed by atoms with Crippen molar-refractivity contribution in [3.8, 4) is 6.07 Å². The van der Waals surface area contributed by atoms with Crippen LogP contribution in [-0.4, -0.2) is 18.5 Å². The van der Waals surface area contributed by atoms with Crippen molar-refractivity contribution in [2.45, 2.75) is 18.9 Å². The molecule has 1 heterocycles. The number of amides is 1. The number of nitrogens with zero attached hydrogens (tertiary/aromatic N) is 1. The molecule has 0 bridgehead atoms. The van der Waals surface area contributed by atoms with E-state index in [1.54, 1.807) is 12.1 Å². The second-order valence-electron chi connectivity index (χ2n) is 4.10. The molecule has 1 aliphatic rings. The third kappa shape index (κ3) is 2.67. The minimum absolute atomic E-state index is 0.0994. The summed E-state index contributed by atoms with van der Waals surface area (Å²) in [5.41, 5.74) is 7.55. The molecule has 1 aliphatic heterocycles. The van der Waals surface area contributed by atoms with Crippen LogP contribution in [0.5, 0.6) is 0 Å². The third-order valence-corrected chi connectivity index (χ3v) is 2.81. The Bertz CT molecular complexity index is 468. The van der Waals surface area contributed by atoms with Crippen LogP contribution < -0.4 is 16.4 Å². The van der Waals surface area contributed by atoms with E-state index in [4.69, 9.17) is 11.0 Å². The second-order valence-corrected chi connectivity index (χ2v) is 4.10. The predicted octanol–water partition coefficient (Wildman–Crippen LogP) is 0.831. The first-order valence-electron chi connectivity index (χ1n) is 5.52. The zero-order valence-corrected chi connectivity index (χ0v) is 9.36. The van der Waals surface area contributed by atoms with Crippen LogP contribution in [0.4, 0.5) is 11.4 Å². The summed E-state index contributed by atoms with van der Waals surface area (Å²) in [6, 6.07) is 7.51. The first kappa shape index (κ1) is 11.3. The summed E-state index contributed by atoms with van der Waals surface area (Å²) in [7, 11) is 0. The topological polar surface area (TPSA) is 90.9 Å². The zero-order valence-electron chi connectivity index (χ0n) is 9.36. The van der Waals surface area contributed by atoms with E-state index in [9.17, 15) is 4.79 Å². The molecule has 17 heavy (non-hydrogen) atoms. The molecule has 4 N–H and O–H groups in total. The lowest BCUT2D eigenvalue weighted by Crippen LogP contribution is -2.41. The number of piperidine rings is 1. The van der Waals surface area contributed by atoms with Gasteiger partial charge in [0.2, 0.25) is 5.91 Å². The average Bonchev–Trinajstić information content (AvgIpc) is 2.32. The van der Waals surface area contributed by atoms with E-state index in [1.165, 1.54) is 0 Å². The van der Waals surface area contributed by atoms with Crippen molar-refractivity contribution < 1.29 is 4.79 Å². The highest BCUT2D eigenvalue weighted by molar-refractivity contribution is 5.77. The fourth-order valence-electron chi connectivity index (χ4n) is 1.85. The van der Waals surface area contributed by atoms with E-state index in [0.29, 0.717) is 24.2 Å². The Labute approximate surface area is 99.6 Å². The number of rotatable bonds is 2. The van der Waals surface area contributed by atoms with Gasteiger partial charge in [0.25, 0.3) is 0 Å². The Morgan fingerprint density at radius 3 is 2.94 bits per heavy atom. The van der Waals surface area contributed by atoms with Crippen molar-refractivity contribution in [3.63, 3.8) is 0 Å². The van der Waals surface area contributed by atoms with Gasteiger partial charge in [0, 0.05) is 24.7 Å². The summed E-state index contributed by atoms with van der Waals surface area (Å²) in [6.07, 6.45) is 1.36. The lowest BCUT2D eigenvalue weighted by atomic mass is 10.1. The molecule has 5 heteroatoms. The molecule has 0 radical (unpaired) electrons. The second kappa shape index (κ2) is 4.74. The molecule has 88 valence electrons. The molecule has 0 spiro atoms. The number of hydrogen-bond donors (Lipinski definition) is 3. The third-order valence-electron chi connectivity index (χ3n) is 2.81. The molecule has 1 aromatic rings. The van der Waals surface area contributed by atoms with Crippen molar-refractivity contribution in [1.29, 1.82) is 5.26 Å². The van der Waals surface area contributed by atoms with Crippen molar-refractivity contribution >= 4 is 17.3 Å². The zero-order chi connectivity index (χ0) is 12.3. The van der Waals surface area contributed by atoms with Crippen molar-refractivity contribution in [1.82, 2.24) is 5.32 Å². The van der Waals surface area contributed by atoms with Gasteiger partial charge >= 0.3 is 0 Å². The van der Waals surface area contributed by atoms with Crippen LogP contribution in [0.25, 0.3) is 0 Å². The summed E-state index contributed by atoms with van der Waals surface area (Å²) in [5, 5.41) is 14.9. The molecule has 2 rings (SSSR count). The van der Waals surface area contributed by atoms with Gasteiger partial charge < -0.3 is 16.4 Å². The van der Waals surface area contributed by atoms with E-state index in [2.05, 4.69) is 10.6 Å². The number of anilines is 2. The number of nitrogen functional groups attached to an aromatic ring is 1. The summed E-state index contributed by atoms with van der Waals surface area (Å²) < 4.78 is 0. The van der Waals surface area contributed by atoms with Crippen LogP contribution in [0.3, 0.4) is 0 Å². The van der Waals surface area contributed by atoms with Crippen molar-refractivity contribution in [2.75, 3.05) is 17.6 Å². The van der Waals surface area contributed by atoms with E-state index in [1.807, 2.05) is 12.1 Å². The summed E-state index contributed by atoms with van der Waals surface area (Å²) >= 11 is 0. The van der Waals surface area contributed by atoms with Crippen molar-refractivity contribution in [3.05, 3.63) is 23.8 Å². The van der Waals surface area contributed by atoms with Gasteiger partial charge in [-0.25, -0.2) is 0 Å². The predicted molar refractivity (Wildman–Crippen MR) is 65.2 cm³/mol. The van der Waals surface area contributed by atoms with Crippen LogP contribution in [0.2, 0.25) is 0 Å². The molecule has 1 unspecified atom stereocenters. The van der Waals surface area contributed by atoms with Crippen LogP contribution in [0, 0.1) is 11.3 Å². The molecule has 0 aromatic heterocycles. The normalized spacial score (nSPS) is 19.2. The molecule has 1 saturated heterocycles. The summed E-state index contributed by atoms with van der Waals surface area (Å²) in [5.74, 6) is 0.0994. The van der Waals surface area contributed by atoms with E-state index in [-0.39, 0.29) is 11.9 Å². The lowest BCUT2D eigenvalue weighted by molar-refractivity contribution is -0.122. The SMILES string of the molecule is N#Cc1ccc(NC2CCC(=O)NC2)cc1N. The molecule has 1 amide bonds. The smallest absolute Gasteiger partial charge is 0.220 e. The van der Waals surface area contributed by atoms with Gasteiger partial charge in [0.05, 0.1) is 11.3 Å². The van der Waals surface area contributed by atoms with Gasteiger partial charge in [-0.3, -0.25) is 4.79 Å². The molecular formula is C12H14N4O. The van der Waals surface area contributed by atoms with E-state index >= 15 is 0 Å². The molecule has 0 saturated carbocycles. The number of nitrogens with two attached hydrogens (primary N) is 1. The Balaban J connectivity index is 2.02. The Kier molecular flexibility index (Phi) is 3.15. The molecule has 0 aliphatic carbocycles. The lowest BCUT2D eigenvalue weighted by Gasteiger charge is -2.24. The number of hydrogen-bond acceptors (Lipinski definition) is 4. The Hall–Kier alpha value is -2.22. The highest BCUT2D eigenvalue weighted by Gasteiger charge is 2.17. The number of nitriles is 1. The molecule has 1 fully saturated rings. The molecule has 5 nitrogen and oxygen atoms in total. The fraction of sp³-hybridized carbons (Fsp3) is 0.333. The van der Waals surface area contributed by atoms with Crippen LogP contribution in [0.15, 0.2) is 18.2 Å². The maximum atomic E-state index is 11.0. The van der Waals surface area contributed by atoms with E-state index < -0.39 is 0 Å². The van der Waals surface area contributed by atoms with E-state index in [0.717, 1.165) is 12.1 Å². The number of carbonyl (C=O) groups excluding carboxylic acids is 1. The minimum Gasteiger partial charge on any atom is -0.398 e. The van der Waals surface area contributed by atoms with Gasteiger partial charge in [0.1, 0.15) is 6.07 Å².